The number of hydrogen-bond donors (Lipinski definition) is 1. The third kappa shape index (κ3) is 7.04. The van der Waals surface area contributed by atoms with Crippen LogP contribution in [0, 0.1) is 13.8 Å². The van der Waals surface area contributed by atoms with Gasteiger partial charge in [-0.3, -0.25) is 9.59 Å². The fraction of sp³-hybridized carbons (Fsp3) is 0.440. The van der Waals surface area contributed by atoms with Crippen LogP contribution < -0.4 is 5.32 Å². The van der Waals surface area contributed by atoms with E-state index in [1.807, 2.05) is 84.0 Å². The van der Waals surface area contributed by atoms with Gasteiger partial charge >= 0.3 is 0 Å². The van der Waals surface area contributed by atoms with Crippen molar-refractivity contribution < 1.29 is 9.59 Å². The highest BCUT2D eigenvalue weighted by Crippen LogP contribution is 2.17. The molecule has 0 radical (unpaired) electrons. The summed E-state index contributed by atoms with van der Waals surface area (Å²) >= 11 is 0. The molecule has 2 aromatic rings. The average Bonchev–Trinajstić information content (AvgIpc) is 2.60. The largest absolute Gasteiger partial charge is 0.350 e. The molecule has 0 bridgehead atoms. The van der Waals surface area contributed by atoms with E-state index in [0.29, 0.717) is 13.0 Å². The van der Waals surface area contributed by atoms with Gasteiger partial charge in [-0.25, -0.2) is 0 Å². The van der Waals surface area contributed by atoms with Crippen molar-refractivity contribution in [2.75, 3.05) is 0 Å². The maximum absolute atomic E-state index is 13.4. The van der Waals surface area contributed by atoms with Gasteiger partial charge in [-0.2, -0.15) is 0 Å². The standard InChI is InChI=1S/C25H34N2O2/c1-7-22(24(29)26-25(4,5)6)27(17-20-11-9-8-10-12-20)23(28)16-21-14-18(2)13-19(3)15-21/h8-15,22H,7,16-17H2,1-6H3,(H,26,29)/t22-/m0/s1. The van der Waals surface area contributed by atoms with Crippen molar-refractivity contribution in [1.29, 1.82) is 0 Å². The molecule has 2 aromatic carbocycles. The second kappa shape index (κ2) is 9.73. The van der Waals surface area contributed by atoms with Gasteiger partial charge in [-0.05, 0) is 52.2 Å². The quantitative estimate of drug-likeness (QED) is 0.748. The Bertz CT molecular complexity index is 817. The Kier molecular flexibility index (Phi) is 7.60. The highest BCUT2D eigenvalue weighted by Gasteiger charge is 2.30. The first-order chi connectivity index (χ1) is 13.6. The van der Waals surface area contributed by atoms with Crippen LogP contribution in [0.1, 0.15) is 56.4 Å². The molecule has 4 heteroatoms. The minimum Gasteiger partial charge on any atom is -0.350 e. The second-order valence-electron chi connectivity index (χ2n) is 8.84. The molecule has 2 rings (SSSR count). The fourth-order valence-electron chi connectivity index (χ4n) is 3.60. The number of nitrogens with zero attached hydrogens (tertiary/aromatic N) is 1. The highest BCUT2D eigenvalue weighted by atomic mass is 16.2. The molecule has 2 amide bonds. The molecule has 29 heavy (non-hydrogen) atoms. The van der Waals surface area contributed by atoms with Gasteiger partial charge in [-0.1, -0.05) is 66.6 Å². The Labute approximate surface area is 175 Å². The lowest BCUT2D eigenvalue weighted by molar-refractivity contribution is -0.141. The highest BCUT2D eigenvalue weighted by molar-refractivity contribution is 5.88. The Morgan fingerprint density at radius 1 is 0.966 bits per heavy atom. The lowest BCUT2D eigenvalue weighted by Gasteiger charge is -2.33. The van der Waals surface area contributed by atoms with Gasteiger partial charge < -0.3 is 10.2 Å². The summed E-state index contributed by atoms with van der Waals surface area (Å²) in [5.74, 6) is -0.139. The number of hydrogen-bond acceptors (Lipinski definition) is 2. The average molecular weight is 395 g/mol. The van der Waals surface area contributed by atoms with Gasteiger partial charge in [0.15, 0.2) is 0 Å². The summed E-state index contributed by atoms with van der Waals surface area (Å²) in [5.41, 5.74) is 3.93. The molecule has 0 aromatic heterocycles. The smallest absolute Gasteiger partial charge is 0.243 e. The Balaban J connectivity index is 2.31. The molecule has 1 atom stereocenters. The number of aryl methyl sites for hydroxylation is 2. The van der Waals surface area contributed by atoms with E-state index in [0.717, 1.165) is 22.3 Å². The zero-order valence-corrected chi connectivity index (χ0v) is 18.6. The molecule has 0 fully saturated rings. The monoisotopic (exact) mass is 394 g/mol. The molecule has 0 saturated heterocycles. The number of nitrogens with one attached hydrogen (secondary N) is 1. The summed E-state index contributed by atoms with van der Waals surface area (Å²) < 4.78 is 0. The van der Waals surface area contributed by atoms with Crippen molar-refractivity contribution in [1.82, 2.24) is 10.2 Å². The molecule has 0 heterocycles. The van der Waals surface area contributed by atoms with Crippen LogP contribution >= 0.6 is 0 Å². The summed E-state index contributed by atoms with van der Waals surface area (Å²) in [5, 5.41) is 3.04. The first-order valence-corrected chi connectivity index (χ1v) is 10.3. The normalized spacial score (nSPS) is 12.3. The third-order valence-corrected chi connectivity index (χ3v) is 4.72. The summed E-state index contributed by atoms with van der Waals surface area (Å²) in [6.07, 6.45) is 0.849. The first kappa shape index (κ1) is 22.7. The zero-order valence-electron chi connectivity index (χ0n) is 18.6. The molecule has 0 aliphatic carbocycles. The molecular formula is C25H34N2O2. The number of rotatable bonds is 7. The SMILES string of the molecule is CC[C@@H](C(=O)NC(C)(C)C)N(Cc1ccccc1)C(=O)Cc1cc(C)cc(C)c1. The number of carbonyl (C=O) groups excluding carboxylic acids is 2. The molecule has 0 aliphatic rings. The van der Waals surface area contributed by atoms with Gasteiger partial charge in [0, 0.05) is 12.1 Å². The summed E-state index contributed by atoms with van der Waals surface area (Å²) in [7, 11) is 0. The van der Waals surface area contributed by atoms with Crippen molar-refractivity contribution in [3.63, 3.8) is 0 Å². The van der Waals surface area contributed by atoms with Gasteiger partial charge in [0.25, 0.3) is 0 Å². The van der Waals surface area contributed by atoms with Crippen LogP contribution in [0.15, 0.2) is 48.5 Å². The van der Waals surface area contributed by atoms with Gasteiger partial charge in [0.2, 0.25) is 11.8 Å². The van der Waals surface area contributed by atoms with E-state index >= 15 is 0 Å². The van der Waals surface area contributed by atoms with Gasteiger partial charge in [0.05, 0.1) is 6.42 Å². The van der Waals surface area contributed by atoms with E-state index < -0.39 is 6.04 Å². The van der Waals surface area contributed by atoms with Crippen LogP contribution in [0.3, 0.4) is 0 Å². The lowest BCUT2D eigenvalue weighted by Crippen LogP contribution is -2.53. The molecular weight excluding hydrogens is 360 g/mol. The molecule has 4 nitrogen and oxygen atoms in total. The number of benzene rings is 2. The van der Waals surface area contributed by atoms with E-state index in [4.69, 9.17) is 0 Å². The van der Waals surface area contributed by atoms with E-state index in [9.17, 15) is 9.59 Å². The van der Waals surface area contributed by atoms with Crippen LogP contribution in [0.4, 0.5) is 0 Å². The van der Waals surface area contributed by atoms with Crippen molar-refractivity contribution in [2.24, 2.45) is 0 Å². The maximum Gasteiger partial charge on any atom is 0.243 e. The first-order valence-electron chi connectivity index (χ1n) is 10.3. The van der Waals surface area contributed by atoms with Crippen molar-refractivity contribution in [3.8, 4) is 0 Å². The molecule has 0 unspecified atom stereocenters. The maximum atomic E-state index is 13.4. The minimum atomic E-state index is -0.507. The van der Waals surface area contributed by atoms with Crippen LogP contribution in [-0.2, 0) is 22.6 Å². The second-order valence-corrected chi connectivity index (χ2v) is 8.84. The topological polar surface area (TPSA) is 49.4 Å². The van der Waals surface area contributed by atoms with Crippen molar-refractivity contribution >= 4 is 11.8 Å². The third-order valence-electron chi connectivity index (χ3n) is 4.72. The number of amides is 2. The summed E-state index contributed by atoms with van der Waals surface area (Å²) in [6.45, 7) is 12.3. The van der Waals surface area contributed by atoms with Crippen molar-refractivity contribution in [3.05, 3.63) is 70.8 Å². The van der Waals surface area contributed by atoms with Crippen LogP contribution in [0.2, 0.25) is 0 Å². The minimum absolute atomic E-state index is 0.0326. The Morgan fingerprint density at radius 2 is 1.55 bits per heavy atom. The molecule has 156 valence electrons. The number of carbonyl (C=O) groups is 2. The van der Waals surface area contributed by atoms with E-state index in [1.165, 1.54) is 0 Å². The van der Waals surface area contributed by atoms with Gasteiger partial charge in [0.1, 0.15) is 6.04 Å². The van der Waals surface area contributed by atoms with E-state index in [2.05, 4.69) is 11.4 Å². The van der Waals surface area contributed by atoms with Crippen LogP contribution in [0.5, 0.6) is 0 Å². The van der Waals surface area contributed by atoms with Crippen LogP contribution in [-0.4, -0.2) is 28.3 Å². The van der Waals surface area contributed by atoms with Crippen molar-refractivity contribution in [2.45, 2.75) is 72.5 Å². The Morgan fingerprint density at radius 3 is 2.07 bits per heavy atom. The van der Waals surface area contributed by atoms with Crippen LogP contribution in [0.25, 0.3) is 0 Å². The fourth-order valence-corrected chi connectivity index (χ4v) is 3.60. The van der Waals surface area contributed by atoms with E-state index in [-0.39, 0.29) is 23.8 Å². The predicted molar refractivity (Wildman–Crippen MR) is 119 cm³/mol. The summed E-state index contributed by atoms with van der Waals surface area (Å²) in [6, 6.07) is 15.5. The van der Waals surface area contributed by atoms with Gasteiger partial charge in [-0.15, -0.1) is 0 Å². The molecule has 1 N–H and O–H groups in total. The van der Waals surface area contributed by atoms with E-state index in [1.54, 1.807) is 4.90 Å². The molecule has 0 spiro atoms. The zero-order chi connectivity index (χ0) is 21.6. The summed E-state index contributed by atoms with van der Waals surface area (Å²) in [4.78, 5) is 28.1. The predicted octanol–water partition coefficient (Wildman–Crippen LogP) is 4.57. The molecule has 0 aliphatic heterocycles. The molecule has 0 saturated carbocycles. The lowest BCUT2D eigenvalue weighted by atomic mass is 10.0. The Hall–Kier alpha value is -2.62.